The summed E-state index contributed by atoms with van der Waals surface area (Å²) in [7, 11) is -0.963. The molecule has 1 heterocycles. The van der Waals surface area contributed by atoms with Crippen LogP contribution in [0.5, 0.6) is 5.75 Å². The van der Waals surface area contributed by atoms with Gasteiger partial charge in [-0.25, -0.2) is 0 Å². The molecule has 0 spiro atoms. The van der Waals surface area contributed by atoms with E-state index in [1.165, 1.54) is 0 Å². The van der Waals surface area contributed by atoms with Crippen molar-refractivity contribution in [3.8, 4) is 11.8 Å². The number of nitrogens with zero attached hydrogens (tertiary/aromatic N) is 2. The fourth-order valence-corrected chi connectivity index (χ4v) is 4.50. The minimum absolute atomic E-state index is 0.490. The molecule has 4 nitrogen and oxygen atoms in total. The van der Waals surface area contributed by atoms with E-state index >= 15 is 0 Å². The Morgan fingerprint density at radius 2 is 2.04 bits per heavy atom. The number of likely N-dealkylation sites (tertiary alicyclic amines) is 1. The smallest absolute Gasteiger partial charge is 0.119 e. The summed E-state index contributed by atoms with van der Waals surface area (Å²) in [6.07, 6.45) is 3.66. The first-order valence-corrected chi connectivity index (χ1v) is 11.4. The highest BCUT2D eigenvalue weighted by molar-refractivity contribution is 7.84. The average molecular weight is 417 g/mol. The van der Waals surface area contributed by atoms with E-state index in [0.717, 1.165) is 42.1 Å². The molecule has 0 bridgehead atoms. The van der Waals surface area contributed by atoms with Crippen molar-refractivity contribution in [2.75, 3.05) is 26.0 Å². The van der Waals surface area contributed by atoms with Gasteiger partial charge in [-0.2, -0.15) is 5.26 Å². The fraction of sp³-hybridized carbons (Fsp3) is 0.409. The predicted molar refractivity (Wildman–Crippen MR) is 113 cm³/mol. The van der Waals surface area contributed by atoms with Crippen molar-refractivity contribution in [2.24, 2.45) is 5.92 Å². The molecule has 1 aliphatic heterocycles. The van der Waals surface area contributed by atoms with E-state index in [0.29, 0.717) is 29.2 Å². The Labute approximate surface area is 174 Å². The molecule has 3 atom stereocenters. The van der Waals surface area contributed by atoms with Crippen molar-refractivity contribution in [1.82, 2.24) is 4.90 Å². The summed E-state index contributed by atoms with van der Waals surface area (Å²) in [5.74, 6) is 1.31. The first kappa shape index (κ1) is 20.9. The Hall–Kier alpha value is -1.87. The van der Waals surface area contributed by atoms with Gasteiger partial charge in [-0.15, -0.1) is 0 Å². The van der Waals surface area contributed by atoms with Crippen LogP contribution in [0.3, 0.4) is 0 Å². The molecule has 6 heteroatoms. The second-order valence-corrected chi connectivity index (χ2v) is 9.21. The molecule has 2 aromatic carbocycles. The number of hydrogen-bond acceptors (Lipinski definition) is 4. The molecule has 0 radical (unpaired) electrons. The van der Waals surface area contributed by atoms with Crippen LogP contribution >= 0.6 is 11.6 Å². The van der Waals surface area contributed by atoms with E-state index in [1.54, 1.807) is 12.3 Å². The van der Waals surface area contributed by atoms with Crippen LogP contribution in [-0.4, -0.2) is 41.1 Å². The molecule has 148 valence electrons. The zero-order valence-corrected chi connectivity index (χ0v) is 17.8. The molecule has 0 aliphatic carbocycles. The zero-order valence-electron chi connectivity index (χ0n) is 16.2. The number of hydrogen-bond donors (Lipinski definition) is 0. The van der Waals surface area contributed by atoms with Crippen molar-refractivity contribution >= 4 is 22.4 Å². The molecule has 2 aromatic rings. The molecule has 28 heavy (non-hydrogen) atoms. The van der Waals surface area contributed by atoms with Gasteiger partial charge in [0.25, 0.3) is 0 Å². The van der Waals surface area contributed by atoms with E-state index < -0.39 is 10.8 Å². The molecule has 0 aromatic heterocycles. The second-order valence-electron chi connectivity index (χ2n) is 7.39. The molecular formula is C22H25ClN2O2S. The average Bonchev–Trinajstić information content (AvgIpc) is 3.04. The maximum atomic E-state index is 11.5. The highest BCUT2D eigenvalue weighted by atomic mass is 35.5. The Balaban J connectivity index is 1.49. The van der Waals surface area contributed by atoms with Gasteiger partial charge in [-0.1, -0.05) is 11.6 Å². The SMILES string of the molecule is CC1CC(COc2ccc(S(C)=O)cc2)CN1CCc1cc(Cl)cc(C#N)c1. The van der Waals surface area contributed by atoms with Crippen LogP contribution in [0, 0.1) is 17.2 Å². The lowest BCUT2D eigenvalue weighted by molar-refractivity contribution is 0.234. The third kappa shape index (κ3) is 5.57. The first-order chi connectivity index (χ1) is 13.4. The molecular weight excluding hydrogens is 392 g/mol. The number of rotatable bonds is 7. The molecule has 1 aliphatic rings. The van der Waals surface area contributed by atoms with Crippen LogP contribution in [-0.2, 0) is 17.2 Å². The minimum Gasteiger partial charge on any atom is -0.493 e. The van der Waals surface area contributed by atoms with Crippen LogP contribution in [0.1, 0.15) is 24.5 Å². The number of benzene rings is 2. The number of halogens is 1. The van der Waals surface area contributed by atoms with E-state index in [9.17, 15) is 4.21 Å². The van der Waals surface area contributed by atoms with Crippen LogP contribution < -0.4 is 4.74 Å². The quantitative estimate of drug-likeness (QED) is 0.675. The molecule has 1 saturated heterocycles. The summed E-state index contributed by atoms with van der Waals surface area (Å²) in [5, 5.41) is 9.71. The largest absolute Gasteiger partial charge is 0.493 e. The highest BCUT2D eigenvalue weighted by Gasteiger charge is 2.29. The molecule has 0 N–H and O–H groups in total. The predicted octanol–water partition coefficient (Wildman–Crippen LogP) is 4.28. The van der Waals surface area contributed by atoms with E-state index in [1.807, 2.05) is 36.4 Å². The molecule has 0 amide bonds. The van der Waals surface area contributed by atoms with Crippen molar-refractivity contribution in [2.45, 2.75) is 30.7 Å². The third-order valence-corrected chi connectivity index (χ3v) is 6.36. The van der Waals surface area contributed by atoms with Crippen LogP contribution in [0.2, 0.25) is 5.02 Å². The maximum Gasteiger partial charge on any atom is 0.119 e. The third-order valence-electron chi connectivity index (χ3n) is 5.21. The van der Waals surface area contributed by atoms with Gasteiger partial charge in [0.1, 0.15) is 5.75 Å². The Kier molecular flexibility index (Phi) is 7.12. The maximum absolute atomic E-state index is 11.5. The summed E-state index contributed by atoms with van der Waals surface area (Å²) in [6, 6.07) is 15.7. The van der Waals surface area contributed by atoms with Crippen molar-refractivity contribution in [3.05, 3.63) is 58.6 Å². The van der Waals surface area contributed by atoms with Gasteiger partial charge in [-0.05, 0) is 67.8 Å². The lowest BCUT2D eigenvalue weighted by Crippen LogP contribution is -2.29. The zero-order chi connectivity index (χ0) is 20.1. The van der Waals surface area contributed by atoms with Gasteiger partial charge in [0.05, 0.1) is 18.2 Å². The normalized spacial score (nSPS) is 20.6. The lowest BCUT2D eigenvalue weighted by atomic mass is 10.1. The molecule has 1 fully saturated rings. The van der Waals surface area contributed by atoms with Crippen LogP contribution in [0.25, 0.3) is 0 Å². The van der Waals surface area contributed by atoms with Crippen molar-refractivity contribution in [1.29, 1.82) is 5.26 Å². The summed E-state index contributed by atoms with van der Waals surface area (Å²) in [6.45, 7) is 4.89. The Morgan fingerprint density at radius 3 is 2.71 bits per heavy atom. The molecule has 3 unspecified atom stereocenters. The highest BCUT2D eigenvalue weighted by Crippen LogP contribution is 2.25. The minimum atomic E-state index is -0.963. The van der Waals surface area contributed by atoms with Gasteiger partial charge in [-0.3, -0.25) is 9.11 Å². The summed E-state index contributed by atoms with van der Waals surface area (Å²) in [4.78, 5) is 3.29. The van der Waals surface area contributed by atoms with Gasteiger partial charge < -0.3 is 4.74 Å². The standard InChI is InChI=1S/C22H25ClN2O2S/c1-16-9-19(15-27-21-3-5-22(6-4-21)28(2)26)14-25(16)8-7-17-10-18(13-24)12-20(23)11-17/h3-6,10-12,16,19H,7-9,14-15H2,1-2H3. The fourth-order valence-electron chi connectivity index (χ4n) is 3.72. The second kappa shape index (κ2) is 9.56. The monoisotopic (exact) mass is 416 g/mol. The van der Waals surface area contributed by atoms with Crippen molar-refractivity contribution in [3.63, 3.8) is 0 Å². The Bertz CT molecular complexity index is 879. The van der Waals surface area contributed by atoms with E-state index in [4.69, 9.17) is 21.6 Å². The Morgan fingerprint density at radius 1 is 1.29 bits per heavy atom. The number of nitriles is 1. The van der Waals surface area contributed by atoms with E-state index in [-0.39, 0.29) is 0 Å². The van der Waals surface area contributed by atoms with Crippen LogP contribution in [0.15, 0.2) is 47.4 Å². The number of ether oxygens (including phenoxy) is 1. The molecule has 0 saturated carbocycles. The van der Waals surface area contributed by atoms with Gasteiger partial charge in [0, 0.05) is 52.0 Å². The van der Waals surface area contributed by atoms with Gasteiger partial charge in [0.2, 0.25) is 0 Å². The summed E-state index contributed by atoms with van der Waals surface area (Å²) in [5.41, 5.74) is 1.71. The molecule has 3 rings (SSSR count). The topological polar surface area (TPSA) is 53.3 Å². The lowest BCUT2D eigenvalue weighted by Gasteiger charge is -2.21. The first-order valence-electron chi connectivity index (χ1n) is 9.44. The summed E-state index contributed by atoms with van der Waals surface area (Å²) >= 11 is 6.10. The van der Waals surface area contributed by atoms with Crippen molar-refractivity contribution < 1.29 is 8.95 Å². The summed E-state index contributed by atoms with van der Waals surface area (Å²) < 4.78 is 17.4. The van der Waals surface area contributed by atoms with Gasteiger partial charge >= 0.3 is 0 Å². The van der Waals surface area contributed by atoms with Crippen LogP contribution in [0.4, 0.5) is 0 Å². The van der Waals surface area contributed by atoms with Gasteiger partial charge in [0.15, 0.2) is 0 Å². The van der Waals surface area contributed by atoms with E-state index in [2.05, 4.69) is 17.9 Å².